The number of carboxylic acids is 1. The molecule has 1 aromatic carbocycles. The van der Waals surface area contributed by atoms with Gasteiger partial charge in [-0.3, -0.25) is 4.79 Å². The molecular formula is C18H28N2O4. The van der Waals surface area contributed by atoms with Crippen LogP contribution in [0, 0.1) is 0 Å². The molecule has 1 rings (SSSR count). The molecule has 134 valence electrons. The first-order chi connectivity index (χ1) is 11.2. The van der Waals surface area contributed by atoms with Crippen LogP contribution in [-0.2, 0) is 16.0 Å². The number of benzene rings is 1. The molecule has 6 heteroatoms. The van der Waals surface area contributed by atoms with Crippen molar-refractivity contribution in [2.75, 3.05) is 13.6 Å². The molecule has 0 bridgehead atoms. The largest absolute Gasteiger partial charge is 0.480 e. The van der Waals surface area contributed by atoms with Crippen molar-refractivity contribution in [1.82, 2.24) is 10.6 Å². The fraction of sp³-hybridized carbons (Fsp3) is 0.556. The summed E-state index contributed by atoms with van der Waals surface area (Å²) in [6.45, 7) is 5.75. The zero-order valence-corrected chi connectivity index (χ0v) is 14.9. The van der Waals surface area contributed by atoms with Crippen LogP contribution in [-0.4, -0.2) is 41.9 Å². The third kappa shape index (κ3) is 6.58. The highest BCUT2D eigenvalue weighted by Crippen LogP contribution is 2.20. The number of amides is 1. The topological polar surface area (TPSA) is 87.7 Å². The van der Waals surface area contributed by atoms with Gasteiger partial charge < -0.3 is 20.5 Å². The van der Waals surface area contributed by atoms with Crippen LogP contribution in [0.25, 0.3) is 0 Å². The SMILES string of the molecule is CN[C@](CCCNC(=O)OC(C)(C)C)(Cc1ccccc1)C(=O)O. The molecule has 0 heterocycles. The Kier molecular flexibility index (Phi) is 7.22. The van der Waals surface area contributed by atoms with E-state index in [1.54, 1.807) is 27.8 Å². The van der Waals surface area contributed by atoms with Gasteiger partial charge in [0.05, 0.1) is 0 Å². The van der Waals surface area contributed by atoms with E-state index >= 15 is 0 Å². The number of hydrogen-bond acceptors (Lipinski definition) is 4. The van der Waals surface area contributed by atoms with E-state index in [4.69, 9.17) is 4.74 Å². The Hall–Kier alpha value is -2.08. The van der Waals surface area contributed by atoms with Gasteiger partial charge in [0.1, 0.15) is 11.1 Å². The number of rotatable bonds is 8. The van der Waals surface area contributed by atoms with Crippen molar-refractivity contribution in [1.29, 1.82) is 0 Å². The van der Waals surface area contributed by atoms with Crippen LogP contribution in [0.3, 0.4) is 0 Å². The van der Waals surface area contributed by atoms with Gasteiger partial charge in [-0.15, -0.1) is 0 Å². The van der Waals surface area contributed by atoms with Gasteiger partial charge >= 0.3 is 12.1 Å². The van der Waals surface area contributed by atoms with E-state index < -0.39 is 23.2 Å². The predicted molar refractivity (Wildman–Crippen MR) is 93.0 cm³/mol. The van der Waals surface area contributed by atoms with Gasteiger partial charge in [0.2, 0.25) is 0 Å². The number of aliphatic carboxylic acids is 1. The molecule has 0 aromatic heterocycles. The highest BCUT2D eigenvalue weighted by molar-refractivity contribution is 5.79. The molecule has 0 aliphatic rings. The smallest absolute Gasteiger partial charge is 0.407 e. The average Bonchev–Trinajstić information content (AvgIpc) is 2.49. The molecule has 0 saturated heterocycles. The van der Waals surface area contributed by atoms with Gasteiger partial charge in [-0.2, -0.15) is 0 Å². The van der Waals surface area contributed by atoms with E-state index in [1.165, 1.54) is 0 Å². The number of carbonyl (C=O) groups excluding carboxylic acids is 1. The van der Waals surface area contributed by atoms with Crippen LogP contribution < -0.4 is 10.6 Å². The number of hydrogen-bond donors (Lipinski definition) is 3. The van der Waals surface area contributed by atoms with E-state index in [0.717, 1.165) is 5.56 Å². The van der Waals surface area contributed by atoms with E-state index in [0.29, 0.717) is 25.8 Å². The first kappa shape index (κ1) is 20.0. The van der Waals surface area contributed by atoms with Gasteiger partial charge in [0, 0.05) is 13.0 Å². The van der Waals surface area contributed by atoms with Crippen LogP contribution in [0.15, 0.2) is 30.3 Å². The summed E-state index contributed by atoms with van der Waals surface area (Å²) in [4.78, 5) is 23.4. The molecule has 0 fully saturated rings. The molecule has 1 aromatic rings. The van der Waals surface area contributed by atoms with Gasteiger partial charge in [0.25, 0.3) is 0 Å². The van der Waals surface area contributed by atoms with Crippen LogP contribution in [0.5, 0.6) is 0 Å². The first-order valence-electron chi connectivity index (χ1n) is 8.12. The number of alkyl carbamates (subject to hydrolysis) is 1. The summed E-state index contributed by atoms with van der Waals surface area (Å²) >= 11 is 0. The third-order valence-corrected chi connectivity index (χ3v) is 3.69. The molecule has 24 heavy (non-hydrogen) atoms. The Bertz CT molecular complexity index is 540. The second-order valence-electron chi connectivity index (χ2n) is 6.83. The lowest BCUT2D eigenvalue weighted by Crippen LogP contribution is -2.52. The molecule has 0 unspecified atom stereocenters. The third-order valence-electron chi connectivity index (χ3n) is 3.69. The molecule has 1 atom stereocenters. The van der Waals surface area contributed by atoms with Crippen molar-refractivity contribution in [2.24, 2.45) is 0 Å². The Morgan fingerprint density at radius 2 is 1.79 bits per heavy atom. The molecule has 1 amide bonds. The van der Waals surface area contributed by atoms with Crippen LogP contribution in [0.2, 0.25) is 0 Å². The fourth-order valence-corrected chi connectivity index (χ4v) is 2.43. The van der Waals surface area contributed by atoms with E-state index in [-0.39, 0.29) is 0 Å². The van der Waals surface area contributed by atoms with Gasteiger partial charge in [-0.25, -0.2) is 4.79 Å². The molecule has 0 saturated carbocycles. The lowest BCUT2D eigenvalue weighted by molar-refractivity contribution is -0.145. The van der Waals surface area contributed by atoms with Gasteiger partial charge in [0.15, 0.2) is 0 Å². The summed E-state index contributed by atoms with van der Waals surface area (Å²) in [5.41, 5.74) is -0.654. The van der Waals surface area contributed by atoms with Crippen LogP contribution >= 0.6 is 0 Å². The zero-order valence-electron chi connectivity index (χ0n) is 14.9. The Labute approximate surface area is 143 Å². The normalized spacial score (nSPS) is 13.8. The molecule has 0 spiro atoms. The molecule has 3 N–H and O–H groups in total. The van der Waals surface area contributed by atoms with Gasteiger partial charge in [-0.1, -0.05) is 30.3 Å². The second kappa shape index (κ2) is 8.68. The fourth-order valence-electron chi connectivity index (χ4n) is 2.43. The Morgan fingerprint density at radius 1 is 1.17 bits per heavy atom. The minimum absolute atomic E-state index is 0.362. The number of likely N-dealkylation sites (N-methyl/N-ethyl adjacent to an activating group) is 1. The van der Waals surface area contributed by atoms with Crippen LogP contribution in [0.4, 0.5) is 4.79 Å². The highest BCUT2D eigenvalue weighted by Gasteiger charge is 2.36. The summed E-state index contributed by atoms with van der Waals surface area (Å²) < 4.78 is 5.16. The second-order valence-corrected chi connectivity index (χ2v) is 6.83. The van der Waals surface area contributed by atoms with E-state index in [2.05, 4.69) is 10.6 Å². The van der Waals surface area contributed by atoms with Crippen molar-refractivity contribution in [3.05, 3.63) is 35.9 Å². The summed E-state index contributed by atoms with van der Waals surface area (Å²) in [6.07, 6.45) is 0.811. The molecule has 6 nitrogen and oxygen atoms in total. The van der Waals surface area contributed by atoms with Gasteiger partial charge in [-0.05, 0) is 46.2 Å². The molecule has 0 aliphatic heterocycles. The maximum absolute atomic E-state index is 11.8. The van der Waals surface area contributed by atoms with Crippen LogP contribution in [0.1, 0.15) is 39.2 Å². The predicted octanol–water partition coefficient (Wildman–Crippen LogP) is 2.58. The van der Waals surface area contributed by atoms with Crippen molar-refractivity contribution >= 4 is 12.1 Å². The quantitative estimate of drug-likeness (QED) is 0.635. The summed E-state index contributed by atoms with van der Waals surface area (Å²) in [5.74, 6) is -0.897. The van der Waals surface area contributed by atoms with Crippen molar-refractivity contribution in [2.45, 2.75) is 51.2 Å². The summed E-state index contributed by atoms with van der Waals surface area (Å²) in [6, 6.07) is 9.50. The lowest BCUT2D eigenvalue weighted by atomic mass is 9.86. The monoisotopic (exact) mass is 336 g/mol. The van der Waals surface area contributed by atoms with Crippen molar-refractivity contribution < 1.29 is 19.4 Å². The first-order valence-corrected chi connectivity index (χ1v) is 8.12. The number of nitrogens with one attached hydrogen (secondary N) is 2. The standard InChI is InChI=1S/C18H28N2O4/c1-17(2,3)24-16(23)20-12-8-11-18(19-4,15(21)22)13-14-9-6-5-7-10-14/h5-7,9-10,19H,8,11-13H2,1-4H3,(H,20,23)(H,21,22)/t18-/m1/s1. The number of carboxylic acid groups (broad SMARTS) is 1. The van der Waals surface area contributed by atoms with Crippen molar-refractivity contribution in [3.63, 3.8) is 0 Å². The zero-order chi connectivity index (χ0) is 18.2. The minimum atomic E-state index is -1.06. The maximum atomic E-state index is 11.8. The summed E-state index contributed by atoms with van der Waals surface area (Å²) in [5, 5.41) is 15.3. The highest BCUT2D eigenvalue weighted by atomic mass is 16.6. The Morgan fingerprint density at radius 3 is 2.29 bits per heavy atom. The van der Waals surface area contributed by atoms with Crippen molar-refractivity contribution in [3.8, 4) is 0 Å². The van der Waals surface area contributed by atoms with E-state index in [9.17, 15) is 14.7 Å². The molecule has 0 radical (unpaired) electrons. The molecule has 0 aliphatic carbocycles. The summed E-state index contributed by atoms with van der Waals surface area (Å²) in [7, 11) is 1.65. The lowest BCUT2D eigenvalue weighted by Gasteiger charge is -2.29. The van der Waals surface area contributed by atoms with E-state index in [1.807, 2.05) is 30.3 Å². The maximum Gasteiger partial charge on any atom is 0.407 e. The molecular weight excluding hydrogens is 308 g/mol. The number of carbonyl (C=O) groups is 2. The average molecular weight is 336 g/mol. The minimum Gasteiger partial charge on any atom is -0.480 e. The number of ether oxygens (including phenoxy) is 1. The Balaban J connectivity index is 2.58.